The molecule has 0 saturated carbocycles. The van der Waals surface area contributed by atoms with E-state index in [0.717, 1.165) is 25.5 Å². The Hall–Kier alpha value is -1.76. The van der Waals surface area contributed by atoms with E-state index in [0.29, 0.717) is 31.6 Å². The Morgan fingerprint density at radius 3 is 2.75 bits per heavy atom. The van der Waals surface area contributed by atoms with Crippen LogP contribution in [0.5, 0.6) is 0 Å². The summed E-state index contributed by atoms with van der Waals surface area (Å²) in [5.74, 6) is 0.525. The summed E-state index contributed by atoms with van der Waals surface area (Å²) < 4.78 is 17.8. The van der Waals surface area contributed by atoms with Crippen molar-refractivity contribution in [3.8, 4) is 0 Å². The molecule has 1 aromatic heterocycles. The quantitative estimate of drug-likeness (QED) is 0.786. The van der Waals surface area contributed by atoms with Gasteiger partial charge in [-0.1, -0.05) is 0 Å². The van der Waals surface area contributed by atoms with Crippen LogP contribution in [0.25, 0.3) is 0 Å². The molecule has 0 unspecified atom stereocenters. The van der Waals surface area contributed by atoms with Gasteiger partial charge >= 0.3 is 0 Å². The lowest BCUT2D eigenvalue weighted by Crippen LogP contribution is -2.35. The first-order valence-corrected chi connectivity index (χ1v) is 6.69. The average Bonchev–Trinajstić information content (AvgIpc) is 2.98. The van der Waals surface area contributed by atoms with E-state index in [9.17, 15) is 9.18 Å². The molecule has 2 saturated heterocycles. The van der Waals surface area contributed by atoms with Crippen LogP contribution in [0.15, 0.2) is 12.4 Å². The summed E-state index contributed by atoms with van der Waals surface area (Å²) in [6.07, 6.45) is 2.31. The van der Waals surface area contributed by atoms with Gasteiger partial charge in [-0.2, -0.15) is 0 Å². The second kappa shape index (κ2) is 5.32. The fourth-order valence-corrected chi connectivity index (χ4v) is 2.98. The standard InChI is InChI=1S/C13H17FN4O2/c1-20-3-2-17-6-9-7-18(8-11(9)12(17)19)13-15-4-10(14)5-16-13/h4-5,9,11H,2-3,6-8H2,1H3/t9-,11+/m1/s1. The van der Waals surface area contributed by atoms with Gasteiger partial charge in [-0.3, -0.25) is 4.79 Å². The number of methoxy groups -OCH3 is 1. The van der Waals surface area contributed by atoms with Crippen LogP contribution in [-0.4, -0.2) is 60.7 Å². The van der Waals surface area contributed by atoms with Gasteiger partial charge in [-0.05, 0) is 0 Å². The lowest BCUT2D eigenvalue weighted by atomic mass is 10.0. The number of halogens is 1. The van der Waals surface area contributed by atoms with Crippen molar-refractivity contribution in [2.45, 2.75) is 0 Å². The highest BCUT2D eigenvalue weighted by molar-refractivity contribution is 5.83. The number of carbonyl (C=O) groups is 1. The topological polar surface area (TPSA) is 58.6 Å². The third-order valence-corrected chi connectivity index (χ3v) is 3.98. The number of likely N-dealkylation sites (tertiary alicyclic amines) is 1. The minimum atomic E-state index is -0.449. The second-order valence-corrected chi connectivity index (χ2v) is 5.25. The van der Waals surface area contributed by atoms with Crippen LogP contribution in [0.3, 0.4) is 0 Å². The van der Waals surface area contributed by atoms with Gasteiger partial charge in [0.25, 0.3) is 0 Å². The molecule has 2 atom stereocenters. The molecule has 0 aliphatic carbocycles. The van der Waals surface area contributed by atoms with E-state index < -0.39 is 5.82 Å². The molecule has 2 aliphatic rings. The van der Waals surface area contributed by atoms with E-state index in [1.807, 2.05) is 9.80 Å². The lowest BCUT2D eigenvalue weighted by molar-refractivity contribution is -0.131. The number of carbonyl (C=O) groups excluding carboxylic acids is 1. The number of anilines is 1. The van der Waals surface area contributed by atoms with Gasteiger partial charge in [-0.25, -0.2) is 14.4 Å². The van der Waals surface area contributed by atoms with Gasteiger partial charge < -0.3 is 14.5 Å². The lowest BCUT2D eigenvalue weighted by Gasteiger charge is -2.21. The zero-order valence-corrected chi connectivity index (χ0v) is 11.3. The van der Waals surface area contributed by atoms with Gasteiger partial charge in [0.15, 0.2) is 5.82 Å². The van der Waals surface area contributed by atoms with Crippen LogP contribution in [-0.2, 0) is 9.53 Å². The normalized spacial score (nSPS) is 25.4. The number of hydrogen-bond acceptors (Lipinski definition) is 5. The molecule has 3 heterocycles. The summed E-state index contributed by atoms with van der Waals surface area (Å²) in [6, 6.07) is 0. The summed E-state index contributed by atoms with van der Waals surface area (Å²) in [7, 11) is 1.63. The zero-order valence-electron chi connectivity index (χ0n) is 11.3. The molecular weight excluding hydrogens is 263 g/mol. The summed E-state index contributed by atoms with van der Waals surface area (Å²) >= 11 is 0. The number of hydrogen-bond donors (Lipinski definition) is 0. The van der Waals surface area contributed by atoms with Crippen LogP contribution in [0, 0.1) is 17.7 Å². The van der Waals surface area contributed by atoms with Crippen molar-refractivity contribution in [3.05, 3.63) is 18.2 Å². The maximum Gasteiger partial charge on any atom is 0.227 e. The summed E-state index contributed by atoms with van der Waals surface area (Å²) in [5.41, 5.74) is 0. The number of ether oxygens (including phenoxy) is 1. The molecule has 0 N–H and O–H groups in total. The maximum absolute atomic E-state index is 12.8. The van der Waals surface area contributed by atoms with E-state index >= 15 is 0 Å². The largest absolute Gasteiger partial charge is 0.383 e. The number of rotatable bonds is 4. The molecule has 2 fully saturated rings. The van der Waals surface area contributed by atoms with Crippen molar-refractivity contribution in [3.63, 3.8) is 0 Å². The Morgan fingerprint density at radius 2 is 2.10 bits per heavy atom. The Bertz CT molecular complexity index is 496. The Labute approximate surface area is 116 Å². The van der Waals surface area contributed by atoms with Crippen LogP contribution in [0.4, 0.5) is 10.3 Å². The summed E-state index contributed by atoms with van der Waals surface area (Å²) in [5, 5.41) is 0. The molecule has 0 radical (unpaired) electrons. The SMILES string of the molecule is COCCN1C[C@@H]2CN(c3ncc(F)cn3)C[C@@H]2C1=O. The average molecular weight is 280 g/mol. The van der Waals surface area contributed by atoms with Crippen LogP contribution in [0.1, 0.15) is 0 Å². The van der Waals surface area contributed by atoms with Crippen molar-refractivity contribution in [2.75, 3.05) is 44.8 Å². The van der Waals surface area contributed by atoms with Gasteiger partial charge in [0.1, 0.15) is 0 Å². The third-order valence-electron chi connectivity index (χ3n) is 3.98. The van der Waals surface area contributed by atoms with Crippen LogP contribution in [0.2, 0.25) is 0 Å². The molecule has 7 heteroatoms. The second-order valence-electron chi connectivity index (χ2n) is 5.25. The monoisotopic (exact) mass is 280 g/mol. The molecule has 108 valence electrons. The molecule has 6 nitrogen and oxygen atoms in total. The van der Waals surface area contributed by atoms with Gasteiger partial charge in [0, 0.05) is 39.2 Å². The van der Waals surface area contributed by atoms with Crippen LogP contribution >= 0.6 is 0 Å². The Morgan fingerprint density at radius 1 is 1.35 bits per heavy atom. The maximum atomic E-state index is 12.8. The minimum absolute atomic E-state index is 0.000471. The summed E-state index contributed by atoms with van der Waals surface area (Å²) in [6.45, 7) is 3.32. The Balaban J connectivity index is 1.65. The van der Waals surface area contributed by atoms with E-state index in [4.69, 9.17) is 4.74 Å². The van der Waals surface area contributed by atoms with Crippen LogP contribution < -0.4 is 4.90 Å². The number of nitrogens with zero attached hydrogens (tertiary/aromatic N) is 4. The predicted molar refractivity (Wildman–Crippen MR) is 69.6 cm³/mol. The molecule has 20 heavy (non-hydrogen) atoms. The van der Waals surface area contributed by atoms with Crippen molar-refractivity contribution in [2.24, 2.45) is 11.8 Å². The van der Waals surface area contributed by atoms with Crippen molar-refractivity contribution in [1.29, 1.82) is 0 Å². The van der Waals surface area contributed by atoms with Crippen molar-refractivity contribution in [1.82, 2.24) is 14.9 Å². The highest BCUT2D eigenvalue weighted by Crippen LogP contribution is 2.33. The fourth-order valence-electron chi connectivity index (χ4n) is 2.98. The Kier molecular flexibility index (Phi) is 3.52. The molecular formula is C13H17FN4O2. The molecule has 1 aromatic rings. The smallest absolute Gasteiger partial charge is 0.227 e. The zero-order chi connectivity index (χ0) is 14.1. The molecule has 2 aliphatic heterocycles. The highest BCUT2D eigenvalue weighted by Gasteiger charge is 2.46. The predicted octanol–water partition coefficient (Wildman–Crippen LogP) is 0.157. The highest BCUT2D eigenvalue weighted by atomic mass is 19.1. The van der Waals surface area contributed by atoms with Crippen molar-refractivity contribution >= 4 is 11.9 Å². The van der Waals surface area contributed by atoms with E-state index in [1.54, 1.807) is 7.11 Å². The van der Waals surface area contributed by atoms with E-state index in [-0.39, 0.29) is 11.8 Å². The molecule has 1 amide bonds. The first-order valence-electron chi connectivity index (χ1n) is 6.69. The fraction of sp³-hybridized carbons (Fsp3) is 0.615. The van der Waals surface area contributed by atoms with Crippen molar-refractivity contribution < 1.29 is 13.9 Å². The molecule has 3 rings (SSSR count). The first-order chi connectivity index (χ1) is 9.69. The molecule has 0 spiro atoms. The molecule has 0 bridgehead atoms. The van der Waals surface area contributed by atoms with Gasteiger partial charge in [0.05, 0.1) is 24.9 Å². The first kappa shape index (κ1) is 13.2. The number of amides is 1. The van der Waals surface area contributed by atoms with Gasteiger partial charge in [0.2, 0.25) is 11.9 Å². The summed E-state index contributed by atoms with van der Waals surface area (Å²) in [4.78, 5) is 24.0. The number of aromatic nitrogens is 2. The van der Waals surface area contributed by atoms with E-state index in [1.165, 1.54) is 0 Å². The third kappa shape index (κ3) is 2.33. The molecule has 0 aromatic carbocycles. The van der Waals surface area contributed by atoms with Gasteiger partial charge in [-0.15, -0.1) is 0 Å². The minimum Gasteiger partial charge on any atom is -0.383 e. The van der Waals surface area contributed by atoms with E-state index in [2.05, 4.69) is 9.97 Å². The number of fused-ring (bicyclic) bond motifs is 1.